The van der Waals surface area contributed by atoms with Crippen molar-refractivity contribution < 1.29 is 4.79 Å². The third kappa shape index (κ3) is 7.09. The van der Waals surface area contributed by atoms with E-state index < -0.39 is 0 Å². The zero-order valence-electron chi connectivity index (χ0n) is 17.0. The molecule has 0 aromatic heterocycles. The van der Waals surface area contributed by atoms with Crippen molar-refractivity contribution in [2.45, 2.75) is 83.1 Å². The van der Waals surface area contributed by atoms with Crippen molar-refractivity contribution in [2.75, 3.05) is 26.7 Å². The molecule has 0 bridgehead atoms. The van der Waals surface area contributed by atoms with Crippen LogP contribution in [0.5, 0.6) is 0 Å². The second-order valence-electron chi connectivity index (χ2n) is 8.54. The molecule has 6 heteroatoms. The highest BCUT2D eigenvalue weighted by Crippen LogP contribution is 2.27. The molecule has 0 spiro atoms. The first kappa shape index (κ1) is 22.8. The molecular formula is C21H39IN4O. The van der Waals surface area contributed by atoms with Crippen molar-refractivity contribution in [3.05, 3.63) is 0 Å². The molecule has 3 aliphatic rings. The maximum Gasteiger partial charge on any atom is 0.225 e. The summed E-state index contributed by atoms with van der Waals surface area (Å²) < 4.78 is 0. The molecule has 1 heterocycles. The fraction of sp³-hybridized carbons (Fsp3) is 0.905. The van der Waals surface area contributed by atoms with E-state index in [0.717, 1.165) is 50.8 Å². The van der Waals surface area contributed by atoms with Crippen molar-refractivity contribution in [3.8, 4) is 0 Å². The summed E-state index contributed by atoms with van der Waals surface area (Å²) in [5.74, 6) is 2.48. The first-order valence-electron chi connectivity index (χ1n) is 11.0. The molecule has 3 fully saturated rings. The van der Waals surface area contributed by atoms with Gasteiger partial charge in [-0.05, 0) is 31.6 Å². The Morgan fingerprint density at radius 2 is 1.67 bits per heavy atom. The lowest BCUT2D eigenvalue weighted by Gasteiger charge is -2.26. The minimum atomic E-state index is 0. The minimum absolute atomic E-state index is 0. The number of rotatable bonds is 5. The van der Waals surface area contributed by atoms with Crippen LogP contribution in [0.3, 0.4) is 0 Å². The largest absolute Gasteiger partial charge is 0.356 e. The number of aliphatic imine (C=N–C) groups is 1. The van der Waals surface area contributed by atoms with Crippen LogP contribution in [0.15, 0.2) is 4.99 Å². The number of hydrogen-bond donors (Lipinski definition) is 2. The maximum atomic E-state index is 12.7. The van der Waals surface area contributed by atoms with Crippen molar-refractivity contribution in [3.63, 3.8) is 0 Å². The first-order valence-corrected chi connectivity index (χ1v) is 11.0. The van der Waals surface area contributed by atoms with E-state index in [0.29, 0.717) is 11.9 Å². The number of halogens is 1. The smallest absolute Gasteiger partial charge is 0.225 e. The molecule has 0 radical (unpaired) electrons. The van der Waals surface area contributed by atoms with Crippen LogP contribution >= 0.6 is 24.0 Å². The lowest BCUT2D eigenvalue weighted by atomic mass is 9.87. The van der Waals surface area contributed by atoms with Gasteiger partial charge in [-0.3, -0.25) is 9.79 Å². The van der Waals surface area contributed by atoms with Crippen LogP contribution in [0.25, 0.3) is 0 Å². The van der Waals surface area contributed by atoms with Gasteiger partial charge in [-0.25, -0.2) is 0 Å². The van der Waals surface area contributed by atoms with Gasteiger partial charge >= 0.3 is 0 Å². The molecule has 2 N–H and O–H groups in total. The first-order chi connectivity index (χ1) is 12.8. The summed E-state index contributed by atoms with van der Waals surface area (Å²) in [4.78, 5) is 19.2. The quantitative estimate of drug-likeness (QED) is 0.349. The van der Waals surface area contributed by atoms with E-state index in [1.807, 2.05) is 7.05 Å². The van der Waals surface area contributed by atoms with Gasteiger partial charge in [0.25, 0.3) is 0 Å². The second-order valence-corrected chi connectivity index (χ2v) is 8.54. The Morgan fingerprint density at radius 3 is 2.33 bits per heavy atom. The van der Waals surface area contributed by atoms with Gasteiger partial charge in [-0.2, -0.15) is 0 Å². The Morgan fingerprint density at radius 1 is 1.00 bits per heavy atom. The molecular weight excluding hydrogens is 451 g/mol. The second kappa shape index (κ2) is 12.1. The summed E-state index contributed by atoms with van der Waals surface area (Å²) in [5, 5.41) is 7.02. The van der Waals surface area contributed by atoms with Crippen LogP contribution in [-0.4, -0.2) is 49.5 Å². The van der Waals surface area contributed by atoms with E-state index >= 15 is 0 Å². The number of hydrogen-bond acceptors (Lipinski definition) is 2. The highest BCUT2D eigenvalue weighted by atomic mass is 127. The summed E-state index contributed by atoms with van der Waals surface area (Å²) in [7, 11) is 1.84. The van der Waals surface area contributed by atoms with Crippen LogP contribution in [0.2, 0.25) is 0 Å². The molecule has 2 saturated carbocycles. The number of likely N-dealkylation sites (tertiary alicyclic amines) is 1. The standard InChI is InChI=1S/C21H38N4O.HI/c1-22-21(23-14-12-17-8-4-2-5-9-17)24-19-13-15-25(16-19)20(26)18-10-6-3-7-11-18;/h17-19H,2-16H2,1H3,(H2,22,23,24);1H. The SMILES string of the molecule is CN=C(NCCC1CCCCC1)NC1CCN(C(=O)C2CCCCC2)C1.I. The normalized spacial score (nSPS) is 25.1. The van der Waals surface area contributed by atoms with E-state index in [4.69, 9.17) is 0 Å². The fourth-order valence-corrected chi connectivity index (χ4v) is 4.94. The molecule has 0 aromatic rings. The lowest BCUT2D eigenvalue weighted by molar-refractivity contribution is -0.135. The number of nitrogens with zero attached hydrogens (tertiary/aromatic N) is 2. The summed E-state index contributed by atoms with van der Waals surface area (Å²) in [6.45, 7) is 2.73. The Kier molecular flexibility index (Phi) is 10.2. The van der Waals surface area contributed by atoms with Gasteiger partial charge in [0.05, 0.1) is 0 Å². The third-order valence-electron chi connectivity index (χ3n) is 6.59. The van der Waals surface area contributed by atoms with Gasteiger partial charge in [-0.15, -0.1) is 24.0 Å². The molecule has 3 rings (SSSR count). The molecule has 2 aliphatic carbocycles. The summed E-state index contributed by atoms with van der Waals surface area (Å²) >= 11 is 0. The van der Waals surface area contributed by atoms with Gasteiger partial charge in [0, 0.05) is 38.6 Å². The minimum Gasteiger partial charge on any atom is -0.356 e. The Balaban J connectivity index is 0.00000261. The molecule has 0 aromatic carbocycles. The summed E-state index contributed by atoms with van der Waals surface area (Å²) in [5.41, 5.74) is 0. The maximum absolute atomic E-state index is 12.7. The Hall–Kier alpha value is -0.530. The fourth-order valence-electron chi connectivity index (χ4n) is 4.94. The van der Waals surface area contributed by atoms with Crippen LogP contribution in [0, 0.1) is 11.8 Å². The Labute approximate surface area is 182 Å². The molecule has 1 saturated heterocycles. The van der Waals surface area contributed by atoms with Crippen LogP contribution in [0.4, 0.5) is 0 Å². The molecule has 5 nitrogen and oxygen atoms in total. The number of nitrogens with one attached hydrogen (secondary N) is 2. The number of carbonyl (C=O) groups excluding carboxylic acids is 1. The number of carbonyl (C=O) groups is 1. The summed E-state index contributed by atoms with van der Waals surface area (Å²) in [6.07, 6.45) is 15.3. The zero-order chi connectivity index (χ0) is 18.2. The van der Waals surface area contributed by atoms with Crippen LogP contribution in [0.1, 0.15) is 77.0 Å². The predicted octanol–water partition coefficient (Wildman–Crippen LogP) is 3.92. The molecule has 1 unspecified atom stereocenters. The van der Waals surface area contributed by atoms with Crippen molar-refractivity contribution in [1.82, 2.24) is 15.5 Å². The van der Waals surface area contributed by atoms with E-state index in [1.165, 1.54) is 57.8 Å². The van der Waals surface area contributed by atoms with Crippen molar-refractivity contribution in [2.24, 2.45) is 16.8 Å². The number of guanidine groups is 1. The van der Waals surface area contributed by atoms with E-state index in [-0.39, 0.29) is 29.9 Å². The third-order valence-corrected chi connectivity index (χ3v) is 6.59. The van der Waals surface area contributed by atoms with E-state index in [1.54, 1.807) is 0 Å². The highest BCUT2D eigenvalue weighted by Gasteiger charge is 2.31. The van der Waals surface area contributed by atoms with Gasteiger partial charge in [0.2, 0.25) is 5.91 Å². The molecule has 156 valence electrons. The molecule has 27 heavy (non-hydrogen) atoms. The molecule has 1 aliphatic heterocycles. The molecule has 1 atom stereocenters. The Bertz CT molecular complexity index is 473. The number of amides is 1. The van der Waals surface area contributed by atoms with Crippen LogP contribution in [-0.2, 0) is 4.79 Å². The molecule has 1 amide bonds. The van der Waals surface area contributed by atoms with E-state index in [9.17, 15) is 4.79 Å². The lowest BCUT2D eigenvalue weighted by Crippen LogP contribution is -2.46. The van der Waals surface area contributed by atoms with Gasteiger partial charge in [0.15, 0.2) is 5.96 Å². The summed E-state index contributed by atoms with van der Waals surface area (Å²) in [6, 6.07) is 0.337. The van der Waals surface area contributed by atoms with Gasteiger partial charge in [-0.1, -0.05) is 51.4 Å². The van der Waals surface area contributed by atoms with Gasteiger partial charge in [0.1, 0.15) is 0 Å². The highest BCUT2D eigenvalue weighted by molar-refractivity contribution is 14.0. The monoisotopic (exact) mass is 490 g/mol. The van der Waals surface area contributed by atoms with E-state index in [2.05, 4.69) is 20.5 Å². The zero-order valence-corrected chi connectivity index (χ0v) is 19.4. The van der Waals surface area contributed by atoms with Gasteiger partial charge < -0.3 is 15.5 Å². The van der Waals surface area contributed by atoms with Crippen LogP contribution < -0.4 is 10.6 Å². The topological polar surface area (TPSA) is 56.7 Å². The predicted molar refractivity (Wildman–Crippen MR) is 123 cm³/mol. The average Bonchev–Trinajstić information content (AvgIpc) is 3.16. The van der Waals surface area contributed by atoms with Crippen molar-refractivity contribution in [1.29, 1.82) is 0 Å². The van der Waals surface area contributed by atoms with Crippen molar-refractivity contribution >= 4 is 35.8 Å². The average molecular weight is 490 g/mol.